The molecule has 0 spiro atoms. The number of carbonyl (C=O) groups is 2. The minimum atomic E-state index is -0.984. The Balaban J connectivity index is 1.83. The molecule has 2 rings (SSSR count). The zero-order valence-corrected chi connectivity index (χ0v) is 12.3. The summed E-state index contributed by atoms with van der Waals surface area (Å²) in [4.78, 5) is 25.2. The monoisotopic (exact) mass is 301 g/mol. The molecule has 0 saturated carbocycles. The van der Waals surface area contributed by atoms with Crippen molar-refractivity contribution in [1.29, 1.82) is 5.26 Å². The Hall–Kier alpha value is -2.39. The number of aromatic carboxylic acids is 1. The van der Waals surface area contributed by atoms with E-state index in [-0.39, 0.29) is 17.4 Å². The first-order valence-electron chi connectivity index (χ1n) is 7.33. The molecule has 0 atom stereocenters. The number of hydrogen-bond acceptors (Lipinski definition) is 4. The molecule has 0 radical (unpaired) electrons. The molecule has 0 aromatic heterocycles. The van der Waals surface area contributed by atoms with Gasteiger partial charge in [-0.25, -0.2) is 4.79 Å². The maximum atomic E-state index is 12.2. The Morgan fingerprint density at radius 1 is 1.27 bits per heavy atom. The highest BCUT2D eigenvalue weighted by molar-refractivity contribution is 5.93. The molecule has 1 heterocycles. The van der Waals surface area contributed by atoms with E-state index in [2.05, 4.69) is 16.3 Å². The van der Waals surface area contributed by atoms with Crippen LogP contribution < -0.4 is 5.32 Å². The third-order valence-corrected chi connectivity index (χ3v) is 3.90. The van der Waals surface area contributed by atoms with Gasteiger partial charge in [-0.3, -0.25) is 4.79 Å². The third kappa shape index (κ3) is 4.30. The number of anilines is 1. The van der Waals surface area contributed by atoms with Crippen molar-refractivity contribution in [3.05, 3.63) is 29.8 Å². The highest BCUT2D eigenvalue weighted by atomic mass is 16.4. The topological polar surface area (TPSA) is 93.4 Å². The summed E-state index contributed by atoms with van der Waals surface area (Å²) in [5.41, 5.74) is 0.811. The number of benzene rings is 1. The maximum Gasteiger partial charge on any atom is 0.335 e. The fourth-order valence-corrected chi connectivity index (χ4v) is 2.57. The molecule has 6 nitrogen and oxygen atoms in total. The van der Waals surface area contributed by atoms with E-state index in [0.29, 0.717) is 12.1 Å². The van der Waals surface area contributed by atoms with E-state index in [0.717, 1.165) is 32.5 Å². The second kappa shape index (κ2) is 7.57. The van der Waals surface area contributed by atoms with Gasteiger partial charge in [-0.15, -0.1) is 0 Å². The maximum absolute atomic E-state index is 12.2. The Kier molecular flexibility index (Phi) is 5.50. The number of piperidine rings is 1. The van der Waals surface area contributed by atoms with Crippen LogP contribution in [0.5, 0.6) is 0 Å². The number of carboxylic acids is 1. The van der Waals surface area contributed by atoms with Gasteiger partial charge in [0.1, 0.15) is 0 Å². The van der Waals surface area contributed by atoms with E-state index >= 15 is 0 Å². The SMILES string of the molecule is N#CCCN1CCC(C(=O)Nc2ccc(C(=O)O)cc2)CC1. The van der Waals surface area contributed by atoms with E-state index in [9.17, 15) is 9.59 Å². The molecule has 1 amide bonds. The zero-order valence-electron chi connectivity index (χ0n) is 12.3. The molecule has 1 saturated heterocycles. The van der Waals surface area contributed by atoms with E-state index in [1.54, 1.807) is 12.1 Å². The van der Waals surface area contributed by atoms with Gasteiger partial charge in [-0.1, -0.05) is 0 Å². The molecule has 1 aliphatic heterocycles. The summed E-state index contributed by atoms with van der Waals surface area (Å²) in [5, 5.41) is 20.2. The number of carbonyl (C=O) groups excluding carboxylic acids is 1. The van der Waals surface area contributed by atoms with Crippen LogP contribution in [0.3, 0.4) is 0 Å². The number of likely N-dealkylation sites (tertiary alicyclic amines) is 1. The molecular formula is C16H19N3O3. The minimum Gasteiger partial charge on any atom is -0.478 e. The number of rotatable bonds is 5. The number of nitriles is 1. The van der Waals surface area contributed by atoms with Crippen LogP contribution in [0.2, 0.25) is 0 Å². The van der Waals surface area contributed by atoms with Gasteiger partial charge in [0, 0.05) is 24.6 Å². The van der Waals surface area contributed by atoms with Gasteiger partial charge in [0.15, 0.2) is 0 Å². The van der Waals surface area contributed by atoms with Crippen molar-refractivity contribution in [2.45, 2.75) is 19.3 Å². The van der Waals surface area contributed by atoms with Gasteiger partial charge in [-0.2, -0.15) is 5.26 Å². The lowest BCUT2D eigenvalue weighted by atomic mass is 9.95. The summed E-state index contributed by atoms with van der Waals surface area (Å²) >= 11 is 0. The third-order valence-electron chi connectivity index (χ3n) is 3.90. The number of nitrogens with one attached hydrogen (secondary N) is 1. The molecule has 0 bridgehead atoms. The van der Waals surface area contributed by atoms with Gasteiger partial charge in [0.2, 0.25) is 5.91 Å². The van der Waals surface area contributed by atoms with Crippen molar-refractivity contribution in [2.75, 3.05) is 25.0 Å². The predicted molar refractivity (Wildman–Crippen MR) is 81.4 cm³/mol. The molecular weight excluding hydrogens is 282 g/mol. The molecule has 2 N–H and O–H groups in total. The molecule has 1 aromatic rings. The number of nitrogens with zero attached hydrogens (tertiary/aromatic N) is 2. The van der Waals surface area contributed by atoms with Gasteiger partial charge >= 0.3 is 5.97 Å². The fraction of sp³-hybridized carbons (Fsp3) is 0.438. The average Bonchev–Trinajstić information content (AvgIpc) is 2.54. The second-order valence-electron chi connectivity index (χ2n) is 5.40. The molecule has 1 aliphatic rings. The van der Waals surface area contributed by atoms with Crippen molar-refractivity contribution in [3.63, 3.8) is 0 Å². The standard InChI is InChI=1S/C16H19N3O3/c17-8-1-9-19-10-6-12(7-11-19)15(20)18-14-4-2-13(3-5-14)16(21)22/h2-5,12H,1,6-7,9-11H2,(H,18,20)(H,21,22). The Bertz CT molecular complexity index is 569. The first-order chi connectivity index (χ1) is 10.6. The van der Waals surface area contributed by atoms with Crippen molar-refractivity contribution in [1.82, 2.24) is 4.90 Å². The van der Waals surface area contributed by atoms with Crippen molar-refractivity contribution < 1.29 is 14.7 Å². The Morgan fingerprint density at radius 2 is 1.91 bits per heavy atom. The summed E-state index contributed by atoms with van der Waals surface area (Å²) in [6.07, 6.45) is 2.09. The summed E-state index contributed by atoms with van der Waals surface area (Å²) in [5.74, 6) is -1.04. The van der Waals surface area contributed by atoms with Gasteiger partial charge in [-0.05, 0) is 50.2 Å². The van der Waals surface area contributed by atoms with E-state index in [1.807, 2.05) is 0 Å². The summed E-state index contributed by atoms with van der Waals surface area (Å²) in [6, 6.07) is 8.28. The van der Waals surface area contributed by atoms with Crippen LogP contribution in [0.25, 0.3) is 0 Å². The van der Waals surface area contributed by atoms with Crippen LogP contribution in [0, 0.1) is 17.2 Å². The largest absolute Gasteiger partial charge is 0.478 e. The summed E-state index contributed by atoms with van der Waals surface area (Å²) in [7, 11) is 0. The molecule has 6 heteroatoms. The van der Waals surface area contributed by atoms with Gasteiger partial charge in [0.05, 0.1) is 11.6 Å². The molecule has 116 valence electrons. The first kappa shape index (κ1) is 16.0. The predicted octanol–water partition coefficient (Wildman–Crippen LogP) is 1.95. The van der Waals surface area contributed by atoms with Crippen LogP contribution in [0.1, 0.15) is 29.6 Å². The minimum absolute atomic E-state index is 0.0250. The number of amides is 1. The van der Waals surface area contributed by atoms with Gasteiger partial charge < -0.3 is 15.3 Å². The summed E-state index contributed by atoms with van der Waals surface area (Å²) in [6.45, 7) is 2.43. The van der Waals surface area contributed by atoms with Crippen molar-refractivity contribution in [2.24, 2.45) is 5.92 Å². The van der Waals surface area contributed by atoms with Crippen LogP contribution in [0.4, 0.5) is 5.69 Å². The fourth-order valence-electron chi connectivity index (χ4n) is 2.57. The van der Waals surface area contributed by atoms with Crippen molar-refractivity contribution >= 4 is 17.6 Å². The normalized spacial score (nSPS) is 16.0. The highest BCUT2D eigenvalue weighted by Crippen LogP contribution is 2.20. The molecule has 22 heavy (non-hydrogen) atoms. The highest BCUT2D eigenvalue weighted by Gasteiger charge is 2.24. The van der Waals surface area contributed by atoms with E-state index in [1.165, 1.54) is 12.1 Å². The smallest absolute Gasteiger partial charge is 0.335 e. The molecule has 0 unspecified atom stereocenters. The lowest BCUT2D eigenvalue weighted by Crippen LogP contribution is -2.38. The number of carboxylic acid groups (broad SMARTS) is 1. The van der Waals surface area contributed by atoms with Crippen LogP contribution in [-0.4, -0.2) is 41.5 Å². The lowest BCUT2D eigenvalue weighted by Gasteiger charge is -2.30. The molecule has 1 fully saturated rings. The number of hydrogen-bond donors (Lipinski definition) is 2. The molecule has 1 aromatic carbocycles. The Labute approximate surface area is 129 Å². The zero-order chi connectivity index (χ0) is 15.9. The van der Waals surface area contributed by atoms with Gasteiger partial charge in [0.25, 0.3) is 0 Å². The Morgan fingerprint density at radius 3 is 2.45 bits per heavy atom. The average molecular weight is 301 g/mol. The molecule has 0 aliphatic carbocycles. The summed E-state index contributed by atoms with van der Waals surface area (Å²) < 4.78 is 0. The second-order valence-corrected chi connectivity index (χ2v) is 5.40. The van der Waals surface area contributed by atoms with Crippen molar-refractivity contribution in [3.8, 4) is 6.07 Å². The van der Waals surface area contributed by atoms with E-state index in [4.69, 9.17) is 10.4 Å². The first-order valence-corrected chi connectivity index (χ1v) is 7.33. The van der Waals surface area contributed by atoms with Crippen LogP contribution >= 0.6 is 0 Å². The quantitative estimate of drug-likeness (QED) is 0.867. The lowest BCUT2D eigenvalue weighted by molar-refractivity contribution is -0.121. The van der Waals surface area contributed by atoms with Crippen LogP contribution in [0.15, 0.2) is 24.3 Å². The van der Waals surface area contributed by atoms with Crippen LogP contribution in [-0.2, 0) is 4.79 Å². The van der Waals surface area contributed by atoms with E-state index < -0.39 is 5.97 Å².